The topological polar surface area (TPSA) is 76.3 Å². The van der Waals surface area contributed by atoms with E-state index in [1.807, 2.05) is 24.3 Å². The fourth-order valence-corrected chi connectivity index (χ4v) is 3.89. The molecule has 7 nitrogen and oxygen atoms in total. The highest BCUT2D eigenvalue weighted by Gasteiger charge is 2.18. The molecule has 1 saturated heterocycles. The van der Waals surface area contributed by atoms with E-state index < -0.39 is 0 Å². The zero-order valence-electron chi connectivity index (χ0n) is 17.7. The van der Waals surface area contributed by atoms with Crippen LogP contribution in [-0.2, 0) is 4.74 Å². The molecule has 0 aliphatic carbocycles. The van der Waals surface area contributed by atoms with Gasteiger partial charge in [0.25, 0.3) is 5.56 Å². The zero-order chi connectivity index (χ0) is 21.6. The van der Waals surface area contributed by atoms with Gasteiger partial charge >= 0.3 is 0 Å². The van der Waals surface area contributed by atoms with Crippen LogP contribution in [0.25, 0.3) is 16.5 Å². The maximum absolute atomic E-state index is 13.2. The number of aromatic nitrogens is 1. The van der Waals surface area contributed by atoms with Gasteiger partial charge in [-0.05, 0) is 24.6 Å². The molecule has 0 radical (unpaired) electrons. The molecule has 4 rings (SSSR count). The molecular formula is C24H27N3O4. The van der Waals surface area contributed by atoms with E-state index in [1.165, 1.54) is 4.57 Å². The van der Waals surface area contributed by atoms with Crippen LogP contribution in [0, 0.1) is 0 Å². The van der Waals surface area contributed by atoms with E-state index in [4.69, 9.17) is 9.47 Å². The third kappa shape index (κ3) is 4.47. The number of para-hydroxylation sites is 2. The van der Waals surface area contributed by atoms with Crippen LogP contribution >= 0.6 is 0 Å². The summed E-state index contributed by atoms with van der Waals surface area (Å²) >= 11 is 0. The van der Waals surface area contributed by atoms with E-state index >= 15 is 0 Å². The summed E-state index contributed by atoms with van der Waals surface area (Å²) < 4.78 is 12.1. The van der Waals surface area contributed by atoms with Crippen molar-refractivity contribution in [3.8, 4) is 17.3 Å². The Labute approximate surface area is 181 Å². The highest BCUT2D eigenvalue weighted by molar-refractivity contribution is 6.01. The third-order valence-electron chi connectivity index (χ3n) is 5.52. The van der Waals surface area contributed by atoms with Gasteiger partial charge in [-0.15, -0.1) is 0 Å². The number of nitrogens with zero attached hydrogens (tertiary/aromatic N) is 3. The van der Waals surface area contributed by atoms with Crippen molar-refractivity contribution in [2.45, 2.75) is 6.42 Å². The summed E-state index contributed by atoms with van der Waals surface area (Å²) in [6.45, 7) is 5.09. The van der Waals surface area contributed by atoms with Crippen LogP contribution < -0.4 is 10.3 Å². The van der Waals surface area contributed by atoms with E-state index in [9.17, 15) is 9.90 Å². The van der Waals surface area contributed by atoms with Crippen LogP contribution in [0.1, 0.15) is 12.0 Å². The van der Waals surface area contributed by atoms with Crippen molar-refractivity contribution in [1.29, 1.82) is 0 Å². The number of hydrogen-bond donors (Lipinski definition) is 1. The van der Waals surface area contributed by atoms with Gasteiger partial charge < -0.3 is 14.6 Å². The van der Waals surface area contributed by atoms with Crippen molar-refractivity contribution < 1.29 is 14.6 Å². The summed E-state index contributed by atoms with van der Waals surface area (Å²) in [6, 6.07) is 14.4. The van der Waals surface area contributed by atoms with Crippen molar-refractivity contribution in [3.05, 3.63) is 64.4 Å². The predicted octanol–water partition coefficient (Wildman–Crippen LogP) is 2.85. The summed E-state index contributed by atoms with van der Waals surface area (Å²) in [7, 11) is 1.54. The third-order valence-corrected chi connectivity index (χ3v) is 5.52. The molecule has 0 saturated carbocycles. The quantitative estimate of drug-likeness (QED) is 0.469. The molecule has 31 heavy (non-hydrogen) atoms. The first-order valence-electron chi connectivity index (χ1n) is 10.5. The van der Waals surface area contributed by atoms with Crippen molar-refractivity contribution >= 4 is 17.0 Å². The molecule has 0 atom stereocenters. The molecule has 0 amide bonds. The van der Waals surface area contributed by atoms with E-state index in [2.05, 4.69) is 9.89 Å². The summed E-state index contributed by atoms with van der Waals surface area (Å²) in [4.78, 5) is 20.1. The lowest BCUT2D eigenvalue weighted by atomic mass is 10.1. The minimum Gasteiger partial charge on any atom is -0.495 e. The molecule has 1 N–H and O–H groups in total. The highest BCUT2D eigenvalue weighted by atomic mass is 16.5. The number of hydrogen-bond acceptors (Lipinski definition) is 6. The van der Waals surface area contributed by atoms with Crippen LogP contribution in [0.2, 0.25) is 0 Å². The number of morpholine rings is 1. The van der Waals surface area contributed by atoms with Gasteiger partial charge in [-0.2, -0.15) is 0 Å². The van der Waals surface area contributed by atoms with Gasteiger partial charge in [0, 0.05) is 43.2 Å². The molecule has 1 aliphatic rings. The normalized spacial score (nSPS) is 15.0. The standard InChI is InChI=1S/C24H27N3O4/c1-30-22-10-5-4-9-21(22)27-23(28)19-8-3-2-7-18(19)20(24(27)29)17-25-11-6-12-26-13-15-31-16-14-26/h2-5,7-10,17,29H,6,11-16H2,1H3. The maximum Gasteiger partial charge on any atom is 0.265 e. The lowest BCUT2D eigenvalue weighted by molar-refractivity contribution is 0.0377. The Hall–Kier alpha value is -3.16. The smallest absolute Gasteiger partial charge is 0.265 e. The molecule has 1 fully saturated rings. The first kappa shape index (κ1) is 21.1. The number of benzene rings is 2. The molecule has 3 aromatic rings. The molecule has 7 heteroatoms. The number of methoxy groups -OCH3 is 1. The van der Waals surface area contributed by atoms with Gasteiger partial charge in [-0.25, -0.2) is 4.57 Å². The average Bonchev–Trinajstić information content (AvgIpc) is 2.82. The lowest BCUT2D eigenvalue weighted by Crippen LogP contribution is -2.37. The highest BCUT2D eigenvalue weighted by Crippen LogP contribution is 2.29. The van der Waals surface area contributed by atoms with Gasteiger partial charge in [0.1, 0.15) is 5.75 Å². The van der Waals surface area contributed by atoms with E-state index in [1.54, 1.807) is 37.6 Å². The van der Waals surface area contributed by atoms with Gasteiger partial charge in [-0.3, -0.25) is 14.7 Å². The van der Waals surface area contributed by atoms with Crippen LogP contribution in [0.15, 0.2) is 58.3 Å². The summed E-state index contributed by atoms with van der Waals surface area (Å²) in [6.07, 6.45) is 2.59. The van der Waals surface area contributed by atoms with Crippen LogP contribution in [0.4, 0.5) is 0 Å². The van der Waals surface area contributed by atoms with Crippen molar-refractivity contribution in [1.82, 2.24) is 9.47 Å². The number of rotatable bonds is 7. The first-order valence-corrected chi connectivity index (χ1v) is 10.5. The van der Waals surface area contributed by atoms with E-state index in [-0.39, 0.29) is 11.4 Å². The van der Waals surface area contributed by atoms with E-state index in [0.29, 0.717) is 34.3 Å². The number of aliphatic imine (C=N–C) groups is 1. The molecule has 2 heterocycles. The fourth-order valence-electron chi connectivity index (χ4n) is 3.89. The number of fused-ring (bicyclic) bond motifs is 1. The largest absolute Gasteiger partial charge is 0.495 e. The van der Waals surface area contributed by atoms with Crippen LogP contribution in [0.3, 0.4) is 0 Å². The summed E-state index contributed by atoms with van der Waals surface area (Å²) in [5.41, 5.74) is 0.703. The van der Waals surface area contributed by atoms with Gasteiger partial charge in [-0.1, -0.05) is 30.3 Å². The molecular weight excluding hydrogens is 394 g/mol. The Bertz CT molecular complexity index is 1130. The van der Waals surface area contributed by atoms with Crippen LogP contribution in [-0.4, -0.2) is 67.3 Å². The first-order chi connectivity index (χ1) is 15.2. The molecule has 2 aromatic carbocycles. The SMILES string of the molecule is COc1ccccc1-n1c(O)c(C=NCCCN2CCOCC2)c2ccccc2c1=O. The van der Waals surface area contributed by atoms with Gasteiger partial charge in [0.05, 0.1) is 31.6 Å². The fraction of sp³-hybridized carbons (Fsp3) is 0.333. The Balaban J connectivity index is 1.67. The Morgan fingerprint density at radius 1 is 1.10 bits per heavy atom. The van der Waals surface area contributed by atoms with Gasteiger partial charge in [0.2, 0.25) is 5.88 Å². The molecule has 1 aromatic heterocycles. The van der Waals surface area contributed by atoms with Crippen LogP contribution in [0.5, 0.6) is 11.6 Å². The van der Waals surface area contributed by atoms with E-state index in [0.717, 1.165) is 39.3 Å². The molecule has 0 spiro atoms. The predicted molar refractivity (Wildman–Crippen MR) is 122 cm³/mol. The second-order valence-corrected chi connectivity index (χ2v) is 7.44. The number of pyridine rings is 1. The van der Waals surface area contributed by atoms with Crippen molar-refractivity contribution in [3.63, 3.8) is 0 Å². The van der Waals surface area contributed by atoms with Gasteiger partial charge in [0.15, 0.2) is 0 Å². The Kier molecular flexibility index (Phi) is 6.64. The monoisotopic (exact) mass is 421 g/mol. The summed E-state index contributed by atoms with van der Waals surface area (Å²) in [5, 5.41) is 12.3. The Morgan fingerprint density at radius 3 is 2.58 bits per heavy atom. The number of aromatic hydroxyl groups is 1. The second-order valence-electron chi connectivity index (χ2n) is 7.44. The molecule has 0 unspecified atom stereocenters. The second kappa shape index (κ2) is 9.76. The Morgan fingerprint density at radius 2 is 1.81 bits per heavy atom. The minimum atomic E-state index is -0.304. The van der Waals surface area contributed by atoms with Crippen molar-refractivity contribution in [2.24, 2.45) is 4.99 Å². The van der Waals surface area contributed by atoms with Crippen molar-refractivity contribution in [2.75, 3.05) is 46.5 Å². The molecule has 1 aliphatic heterocycles. The minimum absolute atomic E-state index is 0.148. The number of ether oxygens (including phenoxy) is 2. The zero-order valence-corrected chi connectivity index (χ0v) is 17.7. The lowest BCUT2D eigenvalue weighted by Gasteiger charge is -2.26. The molecule has 0 bridgehead atoms. The molecule has 162 valence electrons. The summed E-state index contributed by atoms with van der Waals surface area (Å²) in [5.74, 6) is 0.355. The average molecular weight is 421 g/mol. The maximum atomic E-state index is 13.2.